The fraction of sp³-hybridized carbons (Fsp3) is 0.143. The Morgan fingerprint density at radius 2 is 1.89 bits per heavy atom. The van der Waals surface area contributed by atoms with Crippen LogP contribution >= 0.6 is 34.8 Å². The number of rotatable bonds is 2. The fourth-order valence-corrected chi connectivity index (χ4v) is 2.58. The quantitative estimate of drug-likeness (QED) is 0.716. The first-order chi connectivity index (χ1) is 8.54. The minimum atomic E-state index is 0.617. The minimum Gasteiger partial charge on any atom is -0.341 e. The van der Waals surface area contributed by atoms with E-state index in [2.05, 4.69) is 6.58 Å². The Labute approximate surface area is 122 Å². The number of halogens is 3. The van der Waals surface area contributed by atoms with E-state index in [9.17, 15) is 0 Å². The number of likely N-dealkylation sites (N-methyl/N-ethyl adjacent to an activating group) is 1. The van der Waals surface area contributed by atoms with E-state index in [-0.39, 0.29) is 0 Å². The first kappa shape index (κ1) is 13.5. The summed E-state index contributed by atoms with van der Waals surface area (Å²) in [5.41, 5.74) is 2.68. The molecule has 1 aliphatic rings. The lowest BCUT2D eigenvalue weighted by molar-refractivity contribution is 0.528. The van der Waals surface area contributed by atoms with E-state index in [1.165, 1.54) is 0 Å². The van der Waals surface area contributed by atoms with Crippen LogP contribution in [0.2, 0.25) is 10.0 Å². The molecule has 18 heavy (non-hydrogen) atoms. The zero-order valence-electron chi connectivity index (χ0n) is 9.88. The second-order valence-corrected chi connectivity index (χ2v) is 5.13. The Hall–Kier alpha value is -0.890. The minimum absolute atomic E-state index is 0.617. The van der Waals surface area contributed by atoms with E-state index >= 15 is 0 Å². The first-order valence-corrected chi connectivity index (χ1v) is 6.67. The zero-order valence-corrected chi connectivity index (χ0v) is 12.1. The van der Waals surface area contributed by atoms with E-state index in [1.807, 2.05) is 36.1 Å². The molecule has 1 nitrogen and oxygen atoms in total. The summed E-state index contributed by atoms with van der Waals surface area (Å²) < 4.78 is 0. The molecule has 0 N–H and O–H groups in total. The van der Waals surface area contributed by atoms with Gasteiger partial charge >= 0.3 is 0 Å². The predicted molar refractivity (Wildman–Crippen MR) is 79.9 cm³/mol. The van der Waals surface area contributed by atoms with Crippen LogP contribution in [0.4, 0.5) is 0 Å². The van der Waals surface area contributed by atoms with Crippen LogP contribution in [-0.2, 0) is 0 Å². The molecule has 94 valence electrons. The second-order valence-electron chi connectivity index (χ2n) is 3.88. The van der Waals surface area contributed by atoms with Gasteiger partial charge in [0.25, 0.3) is 0 Å². The van der Waals surface area contributed by atoms with Gasteiger partial charge in [0.2, 0.25) is 0 Å². The van der Waals surface area contributed by atoms with Crippen LogP contribution in [0, 0.1) is 0 Å². The largest absolute Gasteiger partial charge is 0.341 e. The molecule has 4 heteroatoms. The summed E-state index contributed by atoms with van der Waals surface area (Å²) in [6.45, 7) is 6.80. The fourth-order valence-electron chi connectivity index (χ4n) is 1.91. The molecule has 0 unspecified atom stereocenters. The average Bonchev–Trinajstić information content (AvgIpc) is 2.33. The summed E-state index contributed by atoms with van der Waals surface area (Å²) in [7, 11) is 0. The van der Waals surface area contributed by atoms with Crippen LogP contribution in [0.5, 0.6) is 0 Å². The molecule has 1 aromatic rings. The topological polar surface area (TPSA) is 3.24 Å². The van der Waals surface area contributed by atoms with Gasteiger partial charge < -0.3 is 4.90 Å². The smallest absolute Gasteiger partial charge is 0.0637 e. The standard InChI is InChI=1S/C14H12Cl3N/c1-3-18-9(2)12(16)6-7-14(18)11-5-4-10(15)8-13(11)17/h4-8H,2-3H2,1H3. The van der Waals surface area contributed by atoms with Crippen LogP contribution in [0.1, 0.15) is 12.5 Å². The van der Waals surface area contributed by atoms with Crippen LogP contribution in [-0.4, -0.2) is 11.4 Å². The highest BCUT2D eigenvalue weighted by atomic mass is 35.5. The molecule has 0 atom stereocenters. The third-order valence-corrected chi connectivity index (χ3v) is 3.70. The van der Waals surface area contributed by atoms with Crippen molar-refractivity contribution in [2.24, 2.45) is 0 Å². The third kappa shape index (κ3) is 2.44. The summed E-state index contributed by atoms with van der Waals surface area (Å²) in [5, 5.41) is 1.88. The van der Waals surface area contributed by atoms with E-state index in [1.54, 1.807) is 6.07 Å². The second kappa shape index (κ2) is 5.40. The third-order valence-electron chi connectivity index (χ3n) is 2.80. The van der Waals surface area contributed by atoms with Gasteiger partial charge in [-0.05, 0) is 37.3 Å². The van der Waals surface area contributed by atoms with Crippen LogP contribution in [0.25, 0.3) is 5.70 Å². The summed E-state index contributed by atoms with van der Waals surface area (Å²) >= 11 is 18.2. The lowest BCUT2D eigenvalue weighted by atomic mass is 10.1. The molecular weight excluding hydrogens is 289 g/mol. The average molecular weight is 301 g/mol. The number of nitrogens with zero attached hydrogens (tertiary/aromatic N) is 1. The highest BCUT2D eigenvalue weighted by Gasteiger charge is 2.20. The van der Waals surface area contributed by atoms with Crippen molar-refractivity contribution < 1.29 is 0 Å². The van der Waals surface area contributed by atoms with Crippen molar-refractivity contribution in [3.8, 4) is 0 Å². The van der Waals surface area contributed by atoms with Crippen molar-refractivity contribution in [3.63, 3.8) is 0 Å². The monoisotopic (exact) mass is 299 g/mol. The molecule has 0 aliphatic carbocycles. The van der Waals surface area contributed by atoms with Crippen molar-refractivity contribution >= 4 is 40.5 Å². The van der Waals surface area contributed by atoms with E-state index in [0.29, 0.717) is 15.1 Å². The number of benzene rings is 1. The summed E-state index contributed by atoms with van der Waals surface area (Å²) in [5.74, 6) is 0. The van der Waals surface area contributed by atoms with Gasteiger partial charge in [-0.15, -0.1) is 0 Å². The highest BCUT2D eigenvalue weighted by Crippen LogP contribution is 2.35. The Bertz CT molecular complexity index is 558. The molecule has 0 aromatic heterocycles. The maximum Gasteiger partial charge on any atom is 0.0637 e. The number of hydrogen-bond donors (Lipinski definition) is 0. The van der Waals surface area contributed by atoms with Crippen molar-refractivity contribution in [1.29, 1.82) is 0 Å². The van der Waals surface area contributed by atoms with Gasteiger partial charge in [-0.3, -0.25) is 0 Å². The molecule has 0 bridgehead atoms. The van der Waals surface area contributed by atoms with Gasteiger partial charge in [0.05, 0.1) is 15.8 Å². The number of allylic oxidation sites excluding steroid dienone is 3. The van der Waals surface area contributed by atoms with Gasteiger partial charge in [-0.2, -0.15) is 0 Å². The Kier molecular flexibility index (Phi) is 4.06. The van der Waals surface area contributed by atoms with Gasteiger partial charge in [-0.25, -0.2) is 0 Å². The van der Waals surface area contributed by atoms with E-state index in [0.717, 1.165) is 23.5 Å². The molecule has 0 fully saturated rings. The van der Waals surface area contributed by atoms with Crippen molar-refractivity contribution in [2.75, 3.05) is 6.54 Å². The van der Waals surface area contributed by atoms with Gasteiger partial charge in [0, 0.05) is 22.8 Å². The normalized spacial score (nSPS) is 15.6. The van der Waals surface area contributed by atoms with Crippen LogP contribution < -0.4 is 0 Å². The van der Waals surface area contributed by atoms with Crippen molar-refractivity contribution in [3.05, 3.63) is 63.3 Å². The number of hydrogen-bond acceptors (Lipinski definition) is 1. The Morgan fingerprint density at radius 1 is 1.17 bits per heavy atom. The maximum absolute atomic E-state index is 6.23. The predicted octanol–water partition coefficient (Wildman–Crippen LogP) is 5.31. The van der Waals surface area contributed by atoms with E-state index in [4.69, 9.17) is 34.8 Å². The zero-order chi connectivity index (χ0) is 13.3. The Morgan fingerprint density at radius 3 is 2.50 bits per heavy atom. The van der Waals surface area contributed by atoms with Crippen LogP contribution in [0.3, 0.4) is 0 Å². The molecule has 0 spiro atoms. The van der Waals surface area contributed by atoms with Gasteiger partial charge in [0.15, 0.2) is 0 Å². The molecule has 2 rings (SSSR count). The molecule has 1 aliphatic heterocycles. The molecule has 0 saturated heterocycles. The first-order valence-electron chi connectivity index (χ1n) is 5.54. The highest BCUT2D eigenvalue weighted by molar-refractivity contribution is 6.36. The lowest BCUT2D eigenvalue weighted by Crippen LogP contribution is -2.23. The van der Waals surface area contributed by atoms with Crippen LogP contribution in [0.15, 0.2) is 47.7 Å². The van der Waals surface area contributed by atoms with Crippen molar-refractivity contribution in [2.45, 2.75) is 6.92 Å². The molecule has 0 radical (unpaired) electrons. The molecule has 1 heterocycles. The van der Waals surface area contributed by atoms with Gasteiger partial charge in [0.1, 0.15) is 0 Å². The van der Waals surface area contributed by atoms with Crippen molar-refractivity contribution in [1.82, 2.24) is 4.90 Å². The summed E-state index contributed by atoms with van der Waals surface area (Å²) in [4.78, 5) is 2.03. The van der Waals surface area contributed by atoms with Gasteiger partial charge in [-0.1, -0.05) is 41.4 Å². The molecule has 0 saturated carbocycles. The van der Waals surface area contributed by atoms with E-state index < -0.39 is 0 Å². The Balaban J connectivity index is 2.52. The SMILES string of the molecule is C=C1C(Cl)=CC=C(c2ccc(Cl)cc2Cl)N1CC. The molecule has 0 amide bonds. The molecular formula is C14H12Cl3N. The maximum atomic E-state index is 6.23. The summed E-state index contributed by atoms with van der Waals surface area (Å²) in [6, 6.07) is 5.45. The molecule has 1 aromatic carbocycles. The summed E-state index contributed by atoms with van der Waals surface area (Å²) in [6.07, 6.45) is 3.77. The lowest BCUT2D eigenvalue weighted by Gasteiger charge is -2.30.